The number of nitrogens with one attached hydrogen (secondary N) is 1. The van der Waals surface area contributed by atoms with Gasteiger partial charge in [-0.2, -0.15) is 0 Å². The molecule has 1 aliphatic carbocycles. The highest BCUT2D eigenvalue weighted by Crippen LogP contribution is 2.37. The molecule has 1 amide bonds. The summed E-state index contributed by atoms with van der Waals surface area (Å²) in [6, 6.07) is 4.38. The van der Waals surface area contributed by atoms with Crippen molar-refractivity contribution >= 4 is 5.91 Å². The Bertz CT molecular complexity index is 485. The number of ether oxygens (including phenoxy) is 1. The average Bonchev–Trinajstić information content (AvgIpc) is 2.69. The lowest BCUT2D eigenvalue weighted by molar-refractivity contribution is 0.0935. The Kier molecular flexibility index (Phi) is 3.78. The highest BCUT2D eigenvalue weighted by Gasteiger charge is 2.31. The molecule has 3 nitrogen and oxygen atoms in total. The van der Waals surface area contributed by atoms with Crippen LogP contribution in [0.25, 0.3) is 0 Å². The van der Waals surface area contributed by atoms with Gasteiger partial charge in [0.2, 0.25) is 0 Å². The largest absolute Gasteiger partial charge is 0.494 e. The topological polar surface area (TPSA) is 38.3 Å². The number of hydrogen-bond acceptors (Lipinski definition) is 2. The Balaban J connectivity index is 2.04. The van der Waals surface area contributed by atoms with Crippen molar-refractivity contribution in [3.63, 3.8) is 0 Å². The monoisotopic (exact) mass is 265 g/mol. The van der Waals surface area contributed by atoms with E-state index in [9.17, 15) is 9.18 Å². The number of methoxy groups -OCH3 is 1. The molecule has 0 heterocycles. The first-order chi connectivity index (χ1) is 8.91. The Morgan fingerprint density at radius 2 is 2.21 bits per heavy atom. The molecule has 1 aliphatic rings. The van der Waals surface area contributed by atoms with E-state index >= 15 is 0 Å². The summed E-state index contributed by atoms with van der Waals surface area (Å²) in [6.07, 6.45) is 3.10. The van der Waals surface area contributed by atoms with Crippen LogP contribution < -0.4 is 10.1 Å². The van der Waals surface area contributed by atoms with E-state index in [0.29, 0.717) is 11.0 Å². The van der Waals surface area contributed by atoms with Crippen molar-refractivity contribution in [2.75, 3.05) is 7.11 Å². The van der Waals surface area contributed by atoms with E-state index in [1.807, 2.05) is 0 Å². The minimum absolute atomic E-state index is 0.0967. The number of carbonyl (C=O) groups excluding carboxylic acids is 1. The summed E-state index contributed by atoms with van der Waals surface area (Å²) in [5, 5.41) is 3.00. The van der Waals surface area contributed by atoms with Crippen LogP contribution >= 0.6 is 0 Å². The molecule has 1 unspecified atom stereocenters. The van der Waals surface area contributed by atoms with E-state index in [2.05, 4.69) is 19.2 Å². The van der Waals surface area contributed by atoms with Crippen molar-refractivity contribution in [3.8, 4) is 5.75 Å². The van der Waals surface area contributed by atoms with Gasteiger partial charge >= 0.3 is 0 Å². The van der Waals surface area contributed by atoms with Gasteiger partial charge in [0.1, 0.15) is 0 Å². The van der Waals surface area contributed by atoms with Gasteiger partial charge in [0, 0.05) is 11.6 Å². The molecule has 1 aromatic carbocycles. The molecule has 1 fully saturated rings. The quantitative estimate of drug-likeness (QED) is 0.911. The summed E-state index contributed by atoms with van der Waals surface area (Å²) in [7, 11) is 1.39. The molecule has 2 rings (SSSR count). The summed E-state index contributed by atoms with van der Waals surface area (Å²) in [5.74, 6) is -0.526. The minimum atomic E-state index is -0.457. The lowest BCUT2D eigenvalue weighted by Crippen LogP contribution is -2.33. The molecular formula is C15H20FNO2. The first-order valence-electron chi connectivity index (χ1n) is 6.56. The molecule has 0 saturated heterocycles. The van der Waals surface area contributed by atoms with Gasteiger partial charge in [0.25, 0.3) is 5.91 Å². The van der Waals surface area contributed by atoms with E-state index in [-0.39, 0.29) is 17.7 Å². The van der Waals surface area contributed by atoms with Crippen LogP contribution in [0, 0.1) is 11.2 Å². The van der Waals surface area contributed by atoms with Gasteiger partial charge in [0.15, 0.2) is 11.6 Å². The molecule has 1 N–H and O–H groups in total. The van der Waals surface area contributed by atoms with Crippen LogP contribution in [0.1, 0.15) is 43.5 Å². The third-order valence-electron chi connectivity index (χ3n) is 3.72. The van der Waals surface area contributed by atoms with Crippen molar-refractivity contribution in [1.29, 1.82) is 0 Å². The highest BCUT2D eigenvalue weighted by molar-refractivity contribution is 5.94. The maximum absolute atomic E-state index is 13.3. The van der Waals surface area contributed by atoms with Gasteiger partial charge in [-0.1, -0.05) is 13.8 Å². The second-order valence-electron chi connectivity index (χ2n) is 5.93. The van der Waals surface area contributed by atoms with Crippen molar-refractivity contribution in [2.24, 2.45) is 5.41 Å². The van der Waals surface area contributed by atoms with Crippen LogP contribution in [0.15, 0.2) is 18.2 Å². The molecule has 104 valence electrons. The predicted octanol–water partition coefficient (Wildman–Crippen LogP) is 3.14. The fourth-order valence-electron chi connectivity index (χ4n) is 2.63. The molecule has 1 saturated carbocycles. The molecule has 0 aromatic heterocycles. The van der Waals surface area contributed by atoms with Gasteiger partial charge in [-0.05, 0) is 42.9 Å². The molecule has 4 heteroatoms. The molecule has 1 atom stereocenters. The highest BCUT2D eigenvalue weighted by atomic mass is 19.1. The lowest BCUT2D eigenvalue weighted by atomic mass is 9.92. The van der Waals surface area contributed by atoms with Crippen LogP contribution in [0.2, 0.25) is 0 Å². The van der Waals surface area contributed by atoms with E-state index < -0.39 is 5.82 Å². The number of halogens is 1. The number of hydrogen-bond donors (Lipinski definition) is 1. The zero-order valence-corrected chi connectivity index (χ0v) is 11.6. The molecule has 0 bridgehead atoms. The van der Waals surface area contributed by atoms with Crippen LogP contribution in [0.5, 0.6) is 5.75 Å². The second-order valence-corrected chi connectivity index (χ2v) is 5.93. The third kappa shape index (κ3) is 3.25. The SMILES string of the molecule is COc1cc(C(=O)NC2CCC(C)(C)C2)ccc1F. The van der Waals surface area contributed by atoms with Crippen molar-refractivity contribution in [3.05, 3.63) is 29.6 Å². The first-order valence-corrected chi connectivity index (χ1v) is 6.56. The summed E-state index contributed by atoms with van der Waals surface area (Å²) >= 11 is 0. The maximum atomic E-state index is 13.3. The smallest absolute Gasteiger partial charge is 0.251 e. The summed E-state index contributed by atoms with van der Waals surface area (Å²) < 4.78 is 18.2. The Hall–Kier alpha value is -1.58. The van der Waals surface area contributed by atoms with Crippen LogP contribution in [-0.2, 0) is 0 Å². The van der Waals surface area contributed by atoms with Gasteiger partial charge in [-0.3, -0.25) is 4.79 Å². The lowest BCUT2D eigenvalue weighted by Gasteiger charge is -2.18. The molecule has 19 heavy (non-hydrogen) atoms. The van der Waals surface area contributed by atoms with Crippen LogP contribution in [0.3, 0.4) is 0 Å². The molecular weight excluding hydrogens is 245 g/mol. The van der Waals surface area contributed by atoms with Gasteiger partial charge in [-0.15, -0.1) is 0 Å². The molecule has 1 aromatic rings. The summed E-state index contributed by atoms with van der Waals surface area (Å²) in [5.41, 5.74) is 0.723. The third-order valence-corrected chi connectivity index (χ3v) is 3.72. The van der Waals surface area contributed by atoms with Crippen molar-refractivity contribution in [2.45, 2.75) is 39.2 Å². The first kappa shape index (κ1) is 13.8. The Morgan fingerprint density at radius 3 is 2.79 bits per heavy atom. The van der Waals surface area contributed by atoms with Gasteiger partial charge in [0.05, 0.1) is 7.11 Å². The van der Waals surface area contributed by atoms with Gasteiger partial charge < -0.3 is 10.1 Å². The summed E-state index contributed by atoms with van der Waals surface area (Å²) in [4.78, 5) is 12.1. The Morgan fingerprint density at radius 1 is 1.47 bits per heavy atom. The van der Waals surface area contributed by atoms with Crippen LogP contribution in [0.4, 0.5) is 4.39 Å². The van der Waals surface area contributed by atoms with E-state index in [0.717, 1.165) is 19.3 Å². The van der Waals surface area contributed by atoms with E-state index in [1.54, 1.807) is 0 Å². The second kappa shape index (κ2) is 5.19. The molecule has 0 aliphatic heterocycles. The minimum Gasteiger partial charge on any atom is -0.494 e. The summed E-state index contributed by atoms with van der Waals surface area (Å²) in [6.45, 7) is 4.42. The Labute approximate surface area is 113 Å². The number of rotatable bonds is 3. The van der Waals surface area contributed by atoms with E-state index in [1.165, 1.54) is 25.3 Å². The fraction of sp³-hybridized carbons (Fsp3) is 0.533. The standard InChI is InChI=1S/C15H20FNO2/c1-15(2)7-6-11(9-15)17-14(18)10-4-5-12(16)13(8-10)19-3/h4-5,8,11H,6-7,9H2,1-3H3,(H,17,18). The van der Waals surface area contributed by atoms with Crippen molar-refractivity contribution < 1.29 is 13.9 Å². The molecule has 0 radical (unpaired) electrons. The van der Waals surface area contributed by atoms with Crippen molar-refractivity contribution in [1.82, 2.24) is 5.32 Å². The average molecular weight is 265 g/mol. The molecule has 0 spiro atoms. The normalized spacial score (nSPS) is 21.2. The number of amides is 1. The number of carbonyl (C=O) groups is 1. The van der Waals surface area contributed by atoms with Gasteiger partial charge in [-0.25, -0.2) is 4.39 Å². The fourth-order valence-corrected chi connectivity index (χ4v) is 2.63. The number of benzene rings is 1. The van der Waals surface area contributed by atoms with E-state index in [4.69, 9.17) is 4.74 Å². The van der Waals surface area contributed by atoms with Crippen LogP contribution in [-0.4, -0.2) is 19.1 Å². The maximum Gasteiger partial charge on any atom is 0.251 e. The predicted molar refractivity (Wildman–Crippen MR) is 71.8 cm³/mol. The zero-order valence-electron chi connectivity index (χ0n) is 11.6. The zero-order chi connectivity index (χ0) is 14.0.